The van der Waals surface area contributed by atoms with Crippen LogP contribution in [0.5, 0.6) is 5.75 Å². The summed E-state index contributed by atoms with van der Waals surface area (Å²) >= 11 is 6.02. The first-order valence-electron chi connectivity index (χ1n) is 7.49. The van der Waals surface area contributed by atoms with E-state index in [1.807, 2.05) is 54.2 Å². The van der Waals surface area contributed by atoms with Crippen molar-refractivity contribution >= 4 is 17.3 Å². The Morgan fingerprint density at radius 1 is 1.22 bits per heavy atom. The van der Waals surface area contributed by atoms with Crippen molar-refractivity contribution in [2.24, 2.45) is 7.05 Å². The monoisotopic (exact) mass is 325 g/mol. The Balaban J connectivity index is 1.65. The van der Waals surface area contributed by atoms with E-state index in [0.29, 0.717) is 13.2 Å². The molecule has 1 aliphatic heterocycles. The van der Waals surface area contributed by atoms with E-state index in [1.165, 1.54) is 0 Å². The van der Waals surface area contributed by atoms with Crippen LogP contribution in [0.4, 0.5) is 5.69 Å². The van der Waals surface area contributed by atoms with Gasteiger partial charge in [0.05, 0.1) is 17.9 Å². The van der Waals surface area contributed by atoms with Gasteiger partial charge in [-0.25, -0.2) is 0 Å². The van der Waals surface area contributed by atoms with Crippen LogP contribution in [0.2, 0.25) is 5.02 Å². The van der Waals surface area contributed by atoms with Crippen LogP contribution in [0, 0.1) is 0 Å². The number of halogens is 1. The molecule has 1 N–H and O–H groups in total. The molecule has 4 rings (SSSR count). The van der Waals surface area contributed by atoms with Gasteiger partial charge in [0.15, 0.2) is 0 Å². The highest BCUT2D eigenvalue weighted by Gasteiger charge is 2.24. The fourth-order valence-corrected chi connectivity index (χ4v) is 3.17. The summed E-state index contributed by atoms with van der Waals surface area (Å²) < 4.78 is 7.81. The third-order valence-electron chi connectivity index (χ3n) is 4.03. The molecule has 0 saturated heterocycles. The molecule has 0 unspecified atom stereocenters. The first kappa shape index (κ1) is 14.2. The fourth-order valence-electron chi connectivity index (χ4n) is 2.98. The van der Waals surface area contributed by atoms with E-state index in [9.17, 15) is 0 Å². The second-order valence-corrected chi connectivity index (χ2v) is 5.98. The molecule has 2 aromatic carbocycles. The Morgan fingerprint density at radius 2 is 2.09 bits per heavy atom. The predicted octanol–water partition coefficient (Wildman–Crippen LogP) is 4.25. The van der Waals surface area contributed by atoms with Gasteiger partial charge in [-0.1, -0.05) is 29.8 Å². The van der Waals surface area contributed by atoms with Crippen LogP contribution < -0.4 is 10.1 Å². The topological polar surface area (TPSA) is 39.1 Å². The minimum Gasteiger partial charge on any atom is -0.488 e. The number of fused-ring (bicyclic) bond motifs is 3. The number of anilines is 1. The second kappa shape index (κ2) is 5.63. The first-order chi connectivity index (χ1) is 11.2. The zero-order valence-corrected chi connectivity index (χ0v) is 13.5. The van der Waals surface area contributed by atoms with Crippen LogP contribution in [0.15, 0.2) is 48.5 Å². The first-order valence-corrected chi connectivity index (χ1v) is 7.86. The number of aryl methyl sites for hydroxylation is 1. The molecular formula is C18H16ClN3O. The summed E-state index contributed by atoms with van der Waals surface area (Å²) in [6.07, 6.45) is 0. The average molecular weight is 326 g/mol. The van der Waals surface area contributed by atoms with Gasteiger partial charge in [-0.15, -0.1) is 0 Å². The van der Waals surface area contributed by atoms with Gasteiger partial charge in [0.2, 0.25) is 0 Å². The summed E-state index contributed by atoms with van der Waals surface area (Å²) in [6.45, 7) is 1.18. The fraction of sp³-hybridized carbons (Fsp3) is 0.167. The zero-order valence-electron chi connectivity index (χ0n) is 12.7. The van der Waals surface area contributed by atoms with Gasteiger partial charge in [-0.05, 0) is 30.3 Å². The van der Waals surface area contributed by atoms with Gasteiger partial charge in [0.25, 0.3) is 0 Å². The summed E-state index contributed by atoms with van der Waals surface area (Å²) in [6, 6.07) is 15.8. The van der Waals surface area contributed by atoms with Crippen LogP contribution in [0.3, 0.4) is 0 Å². The Bertz CT molecular complexity index is 872. The van der Waals surface area contributed by atoms with Crippen molar-refractivity contribution in [1.82, 2.24) is 9.78 Å². The number of hydrogen-bond acceptors (Lipinski definition) is 3. The molecule has 0 aliphatic carbocycles. The van der Waals surface area contributed by atoms with Crippen molar-refractivity contribution in [3.05, 3.63) is 64.8 Å². The van der Waals surface area contributed by atoms with E-state index in [2.05, 4.69) is 16.5 Å². The van der Waals surface area contributed by atoms with Crippen LogP contribution in [-0.4, -0.2) is 9.78 Å². The maximum atomic E-state index is 6.02. The van der Waals surface area contributed by atoms with Gasteiger partial charge in [0, 0.05) is 28.9 Å². The maximum absolute atomic E-state index is 6.02. The van der Waals surface area contributed by atoms with Crippen LogP contribution in [0.1, 0.15) is 11.3 Å². The Kier molecular flexibility index (Phi) is 3.46. The zero-order chi connectivity index (χ0) is 15.8. The van der Waals surface area contributed by atoms with E-state index >= 15 is 0 Å². The number of nitrogens with zero attached hydrogens (tertiary/aromatic N) is 2. The van der Waals surface area contributed by atoms with Crippen molar-refractivity contribution in [3.63, 3.8) is 0 Å². The SMILES string of the molecule is Cn1nc(CNc2cccc(Cl)c2)c2c1-c1ccccc1OC2. The molecule has 0 radical (unpaired) electrons. The second-order valence-electron chi connectivity index (χ2n) is 5.55. The van der Waals surface area contributed by atoms with Crippen LogP contribution in [-0.2, 0) is 20.2 Å². The third-order valence-corrected chi connectivity index (χ3v) is 4.26. The van der Waals surface area contributed by atoms with Gasteiger partial charge < -0.3 is 10.1 Å². The van der Waals surface area contributed by atoms with Gasteiger partial charge >= 0.3 is 0 Å². The van der Waals surface area contributed by atoms with E-state index < -0.39 is 0 Å². The number of rotatable bonds is 3. The van der Waals surface area contributed by atoms with E-state index in [-0.39, 0.29) is 0 Å². The molecule has 0 saturated carbocycles. The average Bonchev–Trinajstić information content (AvgIpc) is 2.90. The molecule has 1 aliphatic rings. The molecular weight excluding hydrogens is 310 g/mol. The number of ether oxygens (including phenoxy) is 1. The number of aromatic nitrogens is 2. The summed E-state index contributed by atoms with van der Waals surface area (Å²) in [5.74, 6) is 0.914. The Labute approximate surface area is 139 Å². The minimum atomic E-state index is 0.548. The smallest absolute Gasteiger partial charge is 0.129 e. The Morgan fingerprint density at radius 3 is 2.96 bits per heavy atom. The molecule has 5 heteroatoms. The molecule has 0 fully saturated rings. The number of hydrogen-bond donors (Lipinski definition) is 1. The standard InChI is InChI=1S/C18H16ClN3O/c1-22-18-14-7-2-3-8-17(14)23-11-15(18)16(21-22)10-20-13-6-4-5-12(19)9-13/h2-9,20H,10-11H2,1H3. The highest BCUT2D eigenvalue weighted by molar-refractivity contribution is 6.30. The molecule has 3 aromatic rings. The van der Waals surface area contributed by atoms with E-state index in [4.69, 9.17) is 16.3 Å². The number of para-hydroxylation sites is 1. The third kappa shape index (κ3) is 2.55. The molecule has 4 nitrogen and oxygen atoms in total. The summed E-state index contributed by atoms with van der Waals surface area (Å²) in [5.41, 5.74) is 5.35. The maximum Gasteiger partial charge on any atom is 0.129 e. The van der Waals surface area contributed by atoms with E-state index in [0.717, 1.165) is 39.0 Å². The van der Waals surface area contributed by atoms with Crippen molar-refractivity contribution < 1.29 is 4.74 Å². The lowest BCUT2D eigenvalue weighted by Crippen LogP contribution is -2.09. The highest BCUT2D eigenvalue weighted by Crippen LogP contribution is 2.38. The molecule has 0 bridgehead atoms. The lowest BCUT2D eigenvalue weighted by molar-refractivity contribution is 0.301. The summed E-state index contributed by atoms with van der Waals surface area (Å²) in [7, 11) is 1.98. The van der Waals surface area contributed by atoms with Gasteiger partial charge in [0.1, 0.15) is 12.4 Å². The minimum absolute atomic E-state index is 0.548. The molecule has 2 heterocycles. The summed E-state index contributed by atoms with van der Waals surface area (Å²) in [5, 5.41) is 8.76. The van der Waals surface area contributed by atoms with Crippen LogP contribution in [0.25, 0.3) is 11.3 Å². The Hall–Kier alpha value is -2.46. The molecule has 0 atom stereocenters. The molecule has 0 amide bonds. The molecule has 116 valence electrons. The van der Waals surface area contributed by atoms with Crippen molar-refractivity contribution in [2.45, 2.75) is 13.2 Å². The van der Waals surface area contributed by atoms with Crippen LogP contribution >= 0.6 is 11.6 Å². The largest absolute Gasteiger partial charge is 0.488 e. The normalized spacial score (nSPS) is 12.3. The van der Waals surface area contributed by atoms with Crippen molar-refractivity contribution in [1.29, 1.82) is 0 Å². The molecule has 23 heavy (non-hydrogen) atoms. The van der Waals surface area contributed by atoms with Gasteiger partial charge in [-0.3, -0.25) is 4.68 Å². The molecule has 0 spiro atoms. The number of nitrogens with one attached hydrogen (secondary N) is 1. The lowest BCUT2D eigenvalue weighted by Gasteiger charge is -2.18. The van der Waals surface area contributed by atoms with Crippen molar-refractivity contribution in [2.75, 3.05) is 5.32 Å². The highest BCUT2D eigenvalue weighted by atomic mass is 35.5. The molecule has 1 aromatic heterocycles. The van der Waals surface area contributed by atoms with E-state index in [1.54, 1.807) is 0 Å². The van der Waals surface area contributed by atoms with Gasteiger partial charge in [-0.2, -0.15) is 5.10 Å². The lowest BCUT2D eigenvalue weighted by atomic mass is 10.0. The predicted molar refractivity (Wildman–Crippen MR) is 91.8 cm³/mol. The number of benzene rings is 2. The quantitative estimate of drug-likeness (QED) is 0.782. The van der Waals surface area contributed by atoms with Crippen molar-refractivity contribution in [3.8, 4) is 17.0 Å². The summed E-state index contributed by atoms with van der Waals surface area (Å²) in [4.78, 5) is 0.